The maximum absolute atomic E-state index is 12.1. The third-order valence-corrected chi connectivity index (χ3v) is 3.20. The van der Waals surface area contributed by atoms with Crippen LogP contribution in [0.1, 0.15) is 10.4 Å². The van der Waals surface area contributed by atoms with Gasteiger partial charge in [0.15, 0.2) is 0 Å². The molecule has 0 fully saturated rings. The summed E-state index contributed by atoms with van der Waals surface area (Å²) in [5.74, 6) is -0.149. The summed E-state index contributed by atoms with van der Waals surface area (Å²) in [6.45, 7) is 0. The first-order valence-corrected chi connectivity index (χ1v) is 6.63. The zero-order chi connectivity index (χ0) is 14.7. The molecule has 0 atom stereocenters. The number of nitrogens with one attached hydrogen (secondary N) is 1. The molecule has 3 aromatic rings. The van der Waals surface area contributed by atoms with Gasteiger partial charge in [-0.2, -0.15) is 0 Å². The molecule has 1 amide bonds. The Balaban J connectivity index is 1.73. The molecule has 0 aliphatic carbocycles. The van der Waals surface area contributed by atoms with Gasteiger partial charge in [0.25, 0.3) is 5.91 Å². The quantitative estimate of drug-likeness (QED) is 0.721. The molecule has 1 heterocycles. The molecule has 3 N–H and O–H groups in total. The SMILES string of the molecule is Nc1ccc(C(=O)Nc2ccc(-n3cccc3)cc2)cc1. The Bertz CT molecular complexity index is 729. The van der Waals surface area contributed by atoms with Crippen LogP contribution in [0.25, 0.3) is 5.69 Å². The second-order valence-electron chi connectivity index (χ2n) is 4.71. The molecule has 0 saturated heterocycles. The van der Waals surface area contributed by atoms with E-state index in [9.17, 15) is 4.79 Å². The van der Waals surface area contributed by atoms with Crippen LogP contribution < -0.4 is 11.1 Å². The van der Waals surface area contributed by atoms with Crippen LogP contribution in [0.3, 0.4) is 0 Å². The van der Waals surface area contributed by atoms with Gasteiger partial charge in [0.05, 0.1) is 0 Å². The van der Waals surface area contributed by atoms with Gasteiger partial charge in [-0.25, -0.2) is 0 Å². The van der Waals surface area contributed by atoms with Gasteiger partial charge in [0.1, 0.15) is 0 Å². The molecule has 4 nitrogen and oxygen atoms in total. The van der Waals surface area contributed by atoms with Crippen LogP contribution in [0.15, 0.2) is 73.1 Å². The van der Waals surface area contributed by atoms with Crippen molar-refractivity contribution in [2.75, 3.05) is 11.1 Å². The maximum atomic E-state index is 12.1. The fourth-order valence-electron chi connectivity index (χ4n) is 2.06. The summed E-state index contributed by atoms with van der Waals surface area (Å²) in [4.78, 5) is 12.1. The minimum atomic E-state index is -0.149. The van der Waals surface area contributed by atoms with Crippen LogP contribution >= 0.6 is 0 Å². The number of nitrogen functional groups attached to an aromatic ring is 1. The van der Waals surface area contributed by atoms with Gasteiger partial charge in [-0.3, -0.25) is 4.79 Å². The van der Waals surface area contributed by atoms with Gasteiger partial charge in [-0.15, -0.1) is 0 Å². The molecular weight excluding hydrogens is 262 g/mol. The molecule has 0 saturated carbocycles. The van der Waals surface area contributed by atoms with E-state index in [0.717, 1.165) is 11.4 Å². The Morgan fingerprint density at radius 3 is 2.14 bits per heavy atom. The molecule has 0 radical (unpaired) electrons. The summed E-state index contributed by atoms with van der Waals surface area (Å²) in [5.41, 5.74) is 8.64. The monoisotopic (exact) mass is 277 g/mol. The van der Waals surface area contributed by atoms with Crippen molar-refractivity contribution < 1.29 is 4.79 Å². The molecule has 3 rings (SSSR count). The fraction of sp³-hybridized carbons (Fsp3) is 0. The van der Waals surface area contributed by atoms with Gasteiger partial charge < -0.3 is 15.6 Å². The highest BCUT2D eigenvalue weighted by Crippen LogP contribution is 2.15. The number of amides is 1. The van der Waals surface area contributed by atoms with E-state index in [1.54, 1.807) is 24.3 Å². The van der Waals surface area contributed by atoms with Crippen LogP contribution in [-0.4, -0.2) is 10.5 Å². The van der Waals surface area contributed by atoms with Crippen molar-refractivity contribution in [3.8, 4) is 5.69 Å². The average Bonchev–Trinajstić information content (AvgIpc) is 3.03. The Labute approximate surface area is 122 Å². The number of nitrogens with two attached hydrogens (primary N) is 1. The van der Waals surface area contributed by atoms with Crippen molar-refractivity contribution in [2.45, 2.75) is 0 Å². The van der Waals surface area contributed by atoms with E-state index in [4.69, 9.17) is 5.73 Å². The first-order chi connectivity index (χ1) is 10.2. The first-order valence-electron chi connectivity index (χ1n) is 6.63. The second kappa shape index (κ2) is 5.54. The summed E-state index contributed by atoms with van der Waals surface area (Å²) in [6, 6.07) is 18.5. The van der Waals surface area contributed by atoms with Gasteiger partial charge in [-0.1, -0.05) is 0 Å². The number of rotatable bonds is 3. The minimum absolute atomic E-state index is 0.149. The van der Waals surface area contributed by atoms with Crippen LogP contribution in [0, 0.1) is 0 Å². The number of hydrogen-bond acceptors (Lipinski definition) is 2. The van der Waals surface area contributed by atoms with E-state index in [0.29, 0.717) is 11.3 Å². The number of aromatic nitrogens is 1. The van der Waals surface area contributed by atoms with Crippen molar-refractivity contribution in [3.05, 3.63) is 78.6 Å². The minimum Gasteiger partial charge on any atom is -0.399 e. The maximum Gasteiger partial charge on any atom is 0.255 e. The number of carbonyl (C=O) groups is 1. The van der Waals surface area contributed by atoms with Crippen molar-refractivity contribution in [3.63, 3.8) is 0 Å². The largest absolute Gasteiger partial charge is 0.399 e. The first kappa shape index (κ1) is 13.0. The Morgan fingerprint density at radius 1 is 0.905 bits per heavy atom. The van der Waals surface area contributed by atoms with Gasteiger partial charge >= 0.3 is 0 Å². The van der Waals surface area contributed by atoms with E-state index in [-0.39, 0.29) is 5.91 Å². The molecule has 0 unspecified atom stereocenters. The third-order valence-electron chi connectivity index (χ3n) is 3.20. The van der Waals surface area contributed by atoms with Gasteiger partial charge in [-0.05, 0) is 60.7 Å². The molecule has 0 aliphatic rings. The molecular formula is C17H15N3O. The highest BCUT2D eigenvalue weighted by Gasteiger charge is 2.05. The normalized spacial score (nSPS) is 10.3. The van der Waals surface area contributed by atoms with Crippen LogP contribution in [0.4, 0.5) is 11.4 Å². The standard InChI is InChI=1S/C17H15N3O/c18-14-5-3-13(4-6-14)17(21)19-15-7-9-16(10-8-15)20-11-1-2-12-20/h1-12H,18H2,(H,19,21). The van der Waals surface area contributed by atoms with Crippen LogP contribution in [0.2, 0.25) is 0 Å². The average molecular weight is 277 g/mol. The molecule has 104 valence electrons. The number of hydrogen-bond donors (Lipinski definition) is 2. The molecule has 1 aromatic heterocycles. The smallest absolute Gasteiger partial charge is 0.255 e. The highest BCUT2D eigenvalue weighted by atomic mass is 16.1. The summed E-state index contributed by atoms with van der Waals surface area (Å²) in [7, 11) is 0. The van der Waals surface area contributed by atoms with Crippen LogP contribution in [-0.2, 0) is 0 Å². The molecule has 4 heteroatoms. The second-order valence-corrected chi connectivity index (χ2v) is 4.71. The van der Waals surface area contributed by atoms with E-state index < -0.39 is 0 Å². The predicted octanol–water partition coefficient (Wildman–Crippen LogP) is 3.31. The van der Waals surface area contributed by atoms with Crippen molar-refractivity contribution in [1.82, 2.24) is 4.57 Å². The topological polar surface area (TPSA) is 60.1 Å². The summed E-state index contributed by atoms with van der Waals surface area (Å²) < 4.78 is 2.01. The Hall–Kier alpha value is -3.01. The summed E-state index contributed by atoms with van der Waals surface area (Å²) in [6.07, 6.45) is 3.95. The van der Waals surface area contributed by atoms with E-state index in [1.807, 2.05) is 53.4 Å². The number of benzene rings is 2. The number of carbonyl (C=O) groups excluding carboxylic acids is 1. The van der Waals surface area contributed by atoms with Crippen LogP contribution in [0.5, 0.6) is 0 Å². The van der Waals surface area contributed by atoms with Gasteiger partial charge in [0, 0.05) is 35.0 Å². The zero-order valence-electron chi connectivity index (χ0n) is 11.4. The predicted molar refractivity (Wildman–Crippen MR) is 84.6 cm³/mol. The molecule has 0 bridgehead atoms. The Morgan fingerprint density at radius 2 is 1.52 bits per heavy atom. The van der Waals surface area contributed by atoms with Crippen molar-refractivity contribution in [2.24, 2.45) is 0 Å². The van der Waals surface area contributed by atoms with E-state index in [2.05, 4.69) is 5.32 Å². The van der Waals surface area contributed by atoms with E-state index in [1.165, 1.54) is 0 Å². The lowest BCUT2D eigenvalue weighted by atomic mass is 10.2. The summed E-state index contributed by atoms with van der Waals surface area (Å²) in [5, 5.41) is 2.86. The lowest BCUT2D eigenvalue weighted by Gasteiger charge is -2.07. The van der Waals surface area contributed by atoms with Gasteiger partial charge in [0.2, 0.25) is 0 Å². The molecule has 0 spiro atoms. The zero-order valence-corrected chi connectivity index (χ0v) is 11.4. The third kappa shape index (κ3) is 2.95. The lowest BCUT2D eigenvalue weighted by molar-refractivity contribution is 0.102. The number of anilines is 2. The molecule has 0 aliphatic heterocycles. The van der Waals surface area contributed by atoms with Crippen molar-refractivity contribution in [1.29, 1.82) is 0 Å². The fourth-order valence-corrected chi connectivity index (χ4v) is 2.06. The van der Waals surface area contributed by atoms with E-state index >= 15 is 0 Å². The Kier molecular flexibility index (Phi) is 3.43. The highest BCUT2D eigenvalue weighted by molar-refractivity contribution is 6.04. The number of nitrogens with zero attached hydrogens (tertiary/aromatic N) is 1. The van der Waals surface area contributed by atoms with Crippen molar-refractivity contribution >= 4 is 17.3 Å². The molecule has 2 aromatic carbocycles. The summed E-state index contributed by atoms with van der Waals surface area (Å²) >= 11 is 0. The lowest BCUT2D eigenvalue weighted by Crippen LogP contribution is -2.11. The molecule has 21 heavy (non-hydrogen) atoms.